The van der Waals surface area contributed by atoms with Crippen molar-refractivity contribution in [3.63, 3.8) is 0 Å². The maximum atomic E-state index is 12.7. The van der Waals surface area contributed by atoms with Crippen molar-refractivity contribution in [3.05, 3.63) is 58.5 Å². The minimum Gasteiger partial charge on any atom is -0.326 e. The summed E-state index contributed by atoms with van der Waals surface area (Å²) in [6.07, 6.45) is -3.67. The molecule has 0 saturated carbocycles. The summed E-state index contributed by atoms with van der Waals surface area (Å²) < 4.78 is 38.8. The molecule has 0 unspecified atom stereocenters. The third-order valence-corrected chi connectivity index (χ3v) is 3.13. The molecule has 2 amide bonds. The van der Waals surface area contributed by atoms with Gasteiger partial charge in [-0.05, 0) is 36.4 Å². The van der Waals surface area contributed by atoms with E-state index in [1.165, 1.54) is 19.1 Å². The molecule has 0 fully saturated rings. The highest BCUT2D eigenvalue weighted by molar-refractivity contribution is 5.92. The lowest BCUT2D eigenvalue weighted by Crippen LogP contribution is -2.31. The summed E-state index contributed by atoms with van der Waals surface area (Å²) in [6.45, 7) is 0.790. The van der Waals surface area contributed by atoms with Crippen molar-refractivity contribution in [2.24, 2.45) is 0 Å². The van der Waals surface area contributed by atoms with Gasteiger partial charge in [0.15, 0.2) is 0 Å². The topological polar surface area (TPSA) is 80.2 Å². The van der Waals surface area contributed by atoms with Crippen LogP contribution in [0.5, 0.6) is 0 Å². The lowest BCUT2D eigenvalue weighted by atomic mass is 10.2. The van der Waals surface area contributed by atoms with Gasteiger partial charge in [0.1, 0.15) is 12.1 Å². The molecule has 0 spiro atoms. The van der Waals surface area contributed by atoms with Crippen molar-refractivity contribution >= 4 is 23.2 Å². The molecule has 1 aromatic heterocycles. The number of amides is 2. The first kappa shape index (κ1) is 18.2. The molecular weight excluding hydrogens is 339 g/mol. The van der Waals surface area contributed by atoms with E-state index in [-0.39, 0.29) is 5.91 Å². The summed E-state index contributed by atoms with van der Waals surface area (Å²) in [5.74, 6) is -0.908. The predicted octanol–water partition coefficient (Wildman–Crippen LogP) is 2.46. The normalized spacial score (nSPS) is 11.0. The maximum Gasteiger partial charge on any atom is 0.421 e. The molecule has 9 heteroatoms. The quantitative estimate of drug-likeness (QED) is 0.886. The lowest BCUT2D eigenvalue weighted by Gasteiger charge is -2.11. The third kappa shape index (κ3) is 4.93. The van der Waals surface area contributed by atoms with Crippen molar-refractivity contribution in [2.45, 2.75) is 19.6 Å². The summed E-state index contributed by atoms with van der Waals surface area (Å²) in [4.78, 5) is 34.6. The lowest BCUT2D eigenvalue weighted by molar-refractivity contribution is -0.139. The van der Waals surface area contributed by atoms with E-state index in [0.717, 1.165) is 12.3 Å². The number of halogens is 3. The number of hydrogen-bond donors (Lipinski definition) is 2. The summed E-state index contributed by atoms with van der Waals surface area (Å²) in [7, 11) is 0. The number of carbonyl (C=O) groups excluding carboxylic acids is 2. The molecule has 1 heterocycles. The van der Waals surface area contributed by atoms with E-state index in [9.17, 15) is 27.6 Å². The molecule has 2 aromatic rings. The molecule has 1 aromatic carbocycles. The molecule has 0 bridgehead atoms. The van der Waals surface area contributed by atoms with Gasteiger partial charge in [-0.25, -0.2) is 0 Å². The Bertz CT molecular complexity index is 842. The largest absolute Gasteiger partial charge is 0.421 e. The first-order valence-corrected chi connectivity index (χ1v) is 7.11. The van der Waals surface area contributed by atoms with Crippen molar-refractivity contribution in [3.8, 4) is 0 Å². The van der Waals surface area contributed by atoms with Crippen LogP contribution in [0.4, 0.5) is 24.5 Å². The van der Waals surface area contributed by atoms with Crippen LogP contribution in [0.15, 0.2) is 47.4 Å². The number of carbonyl (C=O) groups is 2. The van der Waals surface area contributed by atoms with Crippen LogP contribution in [0.2, 0.25) is 0 Å². The van der Waals surface area contributed by atoms with E-state index >= 15 is 0 Å². The Balaban J connectivity index is 2.08. The Morgan fingerprint density at radius 3 is 2.12 bits per heavy atom. The first-order chi connectivity index (χ1) is 11.7. The minimum atomic E-state index is -4.78. The van der Waals surface area contributed by atoms with Gasteiger partial charge >= 0.3 is 6.18 Å². The number of nitrogens with zero attached hydrogens (tertiary/aromatic N) is 1. The average molecular weight is 353 g/mol. The van der Waals surface area contributed by atoms with Crippen LogP contribution < -0.4 is 16.2 Å². The van der Waals surface area contributed by atoms with Gasteiger partial charge in [0.2, 0.25) is 11.8 Å². The number of benzene rings is 1. The molecule has 132 valence electrons. The van der Waals surface area contributed by atoms with E-state index in [0.29, 0.717) is 22.0 Å². The van der Waals surface area contributed by atoms with E-state index in [2.05, 4.69) is 10.6 Å². The molecule has 25 heavy (non-hydrogen) atoms. The molecule has 0 aliphatic carbocycles. The Kier molecular flexibility index (Phi) is 5.26. The third-order valence-electron chi connectivity index (χ3n) is 3.13. The summed E-state index contributed by atoms with van der Waals surface area (Å²) in [6, 6.07) is 7.84. The zero-order valence-electron chi connectivity index (χ0n) is 13.1. The molecule has 2 rings (SSSR count). The van der Waals surface area contributed by atoms with Gasteiger partial charge in [0.05, 0.1) is 0 Å². The van der Waals surface area contributed by atoms with Crippen LogP contribution in [-0.4, -0.2) is 16.4 Å². The van der Waals surface area contributed by atoms with Crippen molar-refractivity contribution in [2.75, 3.05) is 10.6 Å². The van der Waals surface area contributed by atoms with Gasteiger partial charge in [-0.1, -0.05) is 0 Å². The number of alkyl halides is 3. The Hall–Kier alpha value is -3.10. The number of pyridine rings is 1. The fourth-order valence-electron chi connectivity index (χ4n) is 2.07. The number of anilines is 2. The van der Waals surface area contributed by atoms with Crippen LogP contribution in [0.1, 0.15) is 12.5 Å². The Morgan fingerprint density at radius 2 is 1.60 bits per heavy atom. The van der Waals surface area contributed by atoms with Gasteiger partial charge in [0.25, 0.3) is 5.56 Å². The Labute approximate surface area is 140 Å². The van der Waals surface area contributed by atoms with Gasteiger partial charge < -0.3 is 15.2 Å². The fraction of sp³-hybridized carbons (Fsp3) is 0.188. The van der Waals surface area contributed by atoms with E-state index in [4.69, 9.17) is 0 Å². The second-order valence-corrected chi connectivity index (χ2v) is 5.16. The summed E-state index contributed by atoms with van der Waals surface area (Å²) in [5, 5.41) is 5.01. The first-order valence-electron chi connectivity index (χ1n) is 7.11. The smallest absolute Gasteiger partial charge is 0.326 e. The van der Waals surface area contributed by atoms with Crippen molar-refractivity contribution < 1.29 is 22.8 Å². The SMILES string of the molecule is CC(=O)Nc1ccc(NC(=O)Cn2cccc(C(F)(F)F)c2=O)cc1. The minimum absolute atomic E-state index is 0.249. The number of rotatable bonds is 4. The Morgan fingerprint density at radius 1 is 1.04 bits per heavy atom. The van der Waals surface area contributed by atoms with E-state index in [1.54, 1.807) is 12.1 Å². The van der Waals surface area contributed by atoms with Crippen LogP contribution in [-0.2, 0) is 22.3 Å². The highest BCUT2D eigenvalue weighted by Gasteiger charge is 2.34. The molecule has 6 nitrogen and oxygen atoms in total. The van der Waals surface area contributed by atoms with Crippen molar-refractivity contribution in [1.82, 2.24) is 4.57 Å². The number of aromatic nitrogens is 1. The molecule has 0 aliphatic rings. The van der Waals surface area contributed by atoms with Gasteiger partial charge in [-0.15, -0.1) is 0 Å². The van der Waals surface area contributed by atoms with E-state index < -0.39 is 29.8 Å². The van der Waals surface area contributed by atoms with Crippen LogP contribution >= 0.6 is 0 Å². The van der Waals surface area contributed by atoms with Gasteiger partial charge in [-0.2, -0.15) is 13.2 Å². The zero-order chi connectivity index (χ0) is 18.6. The summed E-state index contributed by atoms with van der Waals surface area (Å²) >= 11 is 0. The van der Waals surface area contributed by atoms with Crippen LogP contribution in [0.25, 0.3) is 0 Å². The molecule has 2 N–H and O–H groups in total. The standard InChI is InChI=1S/C16H14F3N3O3/c1-10(23)20-11-4-6-12(7-5-11)21-14(24)9-22-8-2-3-13(15(22)25)16(17,18)19/h2-8H,9H2,1H3,(H,20,23)(H,21,24). The van der Waals surface area contributed by atoms with Crippen LogP contribution in [0, 0.1) is 0 Å². The fourth-order valence-corrected chi connectivity index (χ4v) is 2.07. The highest BCUT2D eigenvalue weighted by atomic mass is 19.4. The second-order valence-electron chi connectivity index (χ2n) is 5.16. The molecular formula is C16H14F3N3O3. The zero-order valence-corrected chi connectivity index (χ0v) is 13.1. The predicted molar refractivity (Wildman–Crippen MR) is 85.1 cm³/mol. The second kappa shape index (κ2) is 7.20. The van der Waals surface area contributed by atoms with E-state index in [1.807, 2.05) is 0 Å². The van der Waals surface area contributed by atoms with Gasteiger partial charge in [0, 0.05) is 24.5 Å². The monoisotopic (exact) mass is 353 g/mol. The molecule has 0 radical (unpaired) electrons. The van der Waals surface area contributed by atoms with Gasteiger partial charge in [-0.3, -0.25) is 14.4 Å². The number of nitrogens with one attached hydrogen (secondary N) is 2. The average Bonchev–Trinajstić information content (AvgIpc) is 2.49. The molecule has 0 saturated heterocycles. The maximum absolute atomic E-state index is 12.7. The molecule has 0 atom stereocenters. The van der Waals surface area contributed by atoms with Crippen LogP contribution in [0.3, 0.4) is 0 Å². The van der Waals surface area contributed by atoms with Crippen molar-refractivity contribution in [1.29, 1.82) is 0 Å². The number of hydrogen-bond acceptors (Lipinski definition) is 3. The highest BCUT2D eigenvalue weighted by Crippen LogP contribution is 2.25. The molecule has 0 aliphatic heterocycles. The summed E-state index contributed by atoms with van der Waals surface area (Å²) in [5.41, 5.74) is -1.72.